The zero-order valence-corrected chi connectivity index (χ0v) is 25.2. The van der Waals surface area contributed by atoms with Crippen LogP contribution in [0.1, 0.15) is 35.7 Å². The molecule has 1 aliphatic heterocycles. The molecule has 2 aromatic heterocycles. The first kappa shape index (κ1) is 30.5. The van der Waals surface area contributed by atoms with Gasteiger partial charge in [0, 0.05) is 38.4 Å². The van der Waals surface area contributed by atoms with Crippen molar-refractivity contribution in [2.45, 2.75) is 49.8 Å². The lowest BCUT2D eigenvalue weighted by Gasteiger charge is -2.38. The fraction of sp³-hybridized carbons (Fsp3) is 0.480. The van der Waals surface area contributed by atoms with Crippen molar-refractivity contribution in [2.24, 2.45) is 13.0 Å². The minimum absolute atomic E-state index is 0.0190. The summed E-state index contributed by atoms with van der Waals surface area (Å²) < 4.78 is 68.8. The van der Waals surface area contributed by atoms with E-state index < -0.39 is 38.1 Å². The van der Waals surface area contributed by atoms with Crippen molar-refractivity contribution in [3.63, 3.8) is 0 Å². The van der Waals surface area contributed by atoms with Crippen molar-refractivity contribution >= 4 is 31.6 Å². The number of likely N-dealkylation sites (N-methyl/N-ethyl adjacent to an activating group) is 1. The van der Waals surface area contributed by atoms with Crippen molar-refractivity contribution < 1.29 is 36.0 Å². The topological polar surface area (TPSA) is 177 Å². The third kappa shape index (κ3) is 6.10. The second-order valence-electron chi connectivity index (χ2n) is 10.3. The van der Waals surface area contributed by atoms with Crippen LogP contribution in [0.4, 0.5) is 5.69 Å². The first-order chi connectivity index (χ1) is 19.1. The van der Waals surface area contributed by atoms with Gasteiger partial charge < -0.3 is 23.8 Å². The lowest BCUT2D eigenvalue weighted by molar-refractivity contribution is 0.0387. The molecule has 0 aliphatic carbocycles. The van der Waals surface area contributed by atoms with Crippen molar-refractivity contribution in [3.8, 4) is 5.75 Å². The molecule has 0 saturated heterocycles. The third-order valence-electron chi connectivity index (χ3n) is 6.95. The number of carbonyl (C=O) groups excluding carboxylic acids is 1. The molecular formula is C25H34N6O8S2. The monoisotopic (exact) mass is 610 g/mol. The Labute approximate surface area is 239 Å². The summed E-state index contributed by atoms with van der Waals surface area (Å²) in [6.07, 6.45) is 1.98. The van der Waals surface area contributed by atoms with E-state index in [0.29, 0.717) is 0 Å². The summed E-state index contributed by atoms with van der Waals surface area (Å²) in [7, 11) is -4.96. The van der Waals surface area contributed by atoms with E-state index in [9.17, 15) is 26.7 Å². The Morgan fingerprint density at radius 2 is 1.95 bits per heavy atom. The van der Waals surface area contributed by atoms with Crippen molar-refractivity contribution in [2.75, 3.05) is 31.5 Å². The van der Waals surface area contributed by atoms with Crippen LogP contribution in [0.2, 0.25) is 0 Å². The molecule has 2 N–H and O–H groups in total. The third-order valence-corrected chi connectivity index (χ3v) is 10.3. The zero-order valence-electron chi connectivity index (χ0n) is 23.6. The van der Waals surface area contributed by atoms with Crippen LogP contribution in [0, 0.1) is 19.8 Å². The molecule has 1 amide bonds. The molecule has 224 valence electrons. The Morgan fingerprint density at radius 3 is 2.54 bits per heavy atom. The van der Waals surface area contributed by atoms with E-state index in [1.165, 1.54) is 54.2 Å². The number of carbonyl (C=O) groups is 1. The predicted molar refractivity (Wildman–Crippen MR) is 147 cm³/mol. The minimum Gasteiger partial charge on any atom is -0.488 e. The normalized spacial score (nSPS) is 18.9. The Morgan fingerprint density at radius 1 is 1.24 bits per heavy atom. The van der Waals surface area contributed by atoms with Crippen LogP contribution in [0.5, 0.6) is 5.75 Å². The summed E-state index contributed by atoms with van der Waals surface area (Å²) in [6, 6.07) is 3.68. The molecule has 0 spiro atoms. The average molecular weight is 611 g/mol. The number of nitrogens with one attached hydrogen (secondary N) is 1. The molecule has 0 saturated carbocycles. The van der Waals surface area contributed by atoms with Gasteiger partial charge in [-0.25, -0.2) is 13.4 Å². The van der Waals surface area contributed by atoms with Gasteiger partial charge in [-0.2, -0.15) is 12.7 Å². The molecule has 41 heavy (non-hydrogen) atoms. The molecule has 1 aromatic carbocycles. The van der Waals surface area contributed by atoms with E-state index in [2.05, 4.69) is 14.9 Å². The van der Waals surface area contributed by atoms with Crippen LogP contribution in [-0.2, 0) is 27.1 Å². The van der Waals surface area contributed by atoms with E-state index in [4.69, 9.17) is 9.26 Å². The molecule has 0 fully saturated rings. The summed E-state index contributed by atoms with van der Waals surface area (Å²) in [5.41, 5.74) is 0.395. The molecule has 16 heteroatoms. The highest BCUT2D eigenvalue weighted by molar-refractivity contribution is 7.92. The number of aliphatic hydroxyl groups is 1. The van der Waals surface area contributed by atoms with Gasteiger partial charge in [0.05, 0.1) is 31.1 Å². The first-order valence-electron chi connectivity index (χ1n) is 12.8. The highest BCUT2D eigenvalue weighted by Crippen LogP contribution is 2.32. The molecule has 3 aromatic rings. The Balaban J connectivity index is 1.69. The second kappa shape index (κ2) is 11.4. The number of aromatic nitrogens is 3. The van der Waals surface area contributed by atoms with Crippen LogP contribution < -0.4 is 9.46 Å². The standard InChI is InChI=1S/C25H34N6O8S2/c1-15-10-31(16(2)13-32)25(33)20-9-19(28-40(34,35)23-12-29(5)14-26-23)7-8-21(20)38-22(15)11-30(6)41(36,37)24-17(3)27-39-18(24)4/h7-9,12,14-16,22,28,32H,10-11,13H2,1-6H3/t15-,16-,22-/m1/s1. The van der Waals surface area contributed by atoms with Gasteiger partial charge in [0.1, 0.15) is 22.4 Å². The lowest BCUT2D eigenvalue weighted by atomic mass is 9.99. The van der Waals surface area contributed by atoms with Gasteiger partial charge in [0.2, 0.25) is 10.0 Å². The van der Waals surface area contributed by atoms with Gasteiger partial charge in [-0.05, 0) is 39.0 Å². The average Bonchev–Trinajstić information content (AvgIpc) is 3.50. The van der Waals surface area contributed by atoms with Crippen LogP contribution in [-0.4, -0.2) is 90.7 Å². The minimum atomic E-state index is -4.04. The highest BCUT2D eigenvalue weighted by atomic mass is 32.2. The number of aryl methyl sites for hydroxylation is 3. The summed E-state index contributed by atoms with van der Waals surface area (Å²) in [4.78, 5) is 19.0. The Hall–Kier alpha value is -3.47. The second-order valence-corrected chi connectivity index (χ2v) is 13.9. The zero-order chi connectivity index (χ0) is 30.3. The molecule has 3 heterocycles. The fourth-order valence-electron chi connectivity index (χ4n) is 4.59. The maximum absolute atomic E-state index is 13.7. The Bertz CT molecular complexity index is 1630. The number of nitrogens with zero attached hydrogens (tertiary/aromatic N) is 5. The van der Waals surface area contributed by atoms with E-state index in [0.717, 1.165) is 4.31 Å². The van der Waals surface area contributed by atoms with Gasteiger partial charge in [-0.3, -0.25) is 9.52 Å². The fourth-order valence-corrected chi connectivity index (χ4v) is 7.09. The van der Waals surface area contributed by atoms with E-state index in [-0.39, 0.29) is 64.0 Å². The number of aliphatic hydroxyl groups excluding tert-OH is 1. The molecule has 0 bridgehead atoms. The number of fused-ring (bicyclic) bond motifs is 1. The number of hydrogen-bond acceptors (Lipinski definition) is 10. The lowest BCUT2D eigenvalue weighted by Crippen LogP contribution is -2.50. The van der Waals surface area contributed by atoms with Crippen LogP contribution in [0.25, 0.3) is 0 Å². The summed E-state index contributed by atoms with van der Waals surface area (Å²) in [5, 5.41) is 13.4. The van der Waals surface area contributed by atoms with Gasteiger partial charge >= 0.3 is 0 Å². The number of amides is 1. The largest absolute Gasteiger partial charge is 0.488 e. The molecule has 4 rings (SSSR count). The number of hydrogen-bond donors (Lipinski definition) is 2. The van der Waals surface area contributed by atoms with E-state index in [1.807, 2.05) is 6.92 Å². The molecule has 0 radical (unpaired) electrons. The smallest absolute Gasteiger partial charge is 0.280 e. The quantitative estimate of drug-likeness (QED) is 0.360. The number of ether oxygens (including phenoxy) is 1. The molecule has 3 atom stereocenters. The molecule has 14 nitrogen and oxygen atoms in total. The van der Waals surface area contributed by atoms with E-state index >= 15 is 0 Å². The van der Waals surface area contributed by atoms with E-state index in [1.54, 1.807) is 20.9 Å². The summed E-state index contributed by atoms with van der Waals surface area (Å²) in [5.74, 6) is -0.514. The maximum Gasteiger partial charge on any atom is 0.280 e. The molecular weight excluding hydrogens is 576 g/mol. The SMILES string of the molecule is Cc1noc(C)c1S(=O)(=O)N(C)C[C@H]1Oc2ccc(NS(=O)(=O)c3cn(C)cn3)cc2C(=O)N([C@H](C)CO)C[C@H]1C. The maximum atomic E-state index is 13.7. The number of sulfonamides is 2. The van der Waals surface area contributed by atoms with Crippen molar-refractivity contribution in [1.29, 1.82) is 0 Å². The van der Waals surface area contributed by atoms with Gasteiger partial charge in [0.15, 0.2) is 10.8 Å². The van der Waals surface area contributed by atoms with Gasteiger partial charge in [-0.15, -0.1) is 0 Å². The van der Waals surface area contributed by atoms with Crippen molar-refractivity contribution in [1.82, 2.24) is 23.9 Å². The van der Waals surface area contributed by atoms with Crippen molar-refractivity contribution in [3.05, 3.63) is 47.7 Å². The molecule has 0 unspecified atom stereocenters. The Kier molecular flexibility index (Phi) is 8.50. The number of imidazole rings is 1. The first-order valence-corrected chi connectivity index (χ1v) is 15.7. The van der Waals surface area contributed by atoms with Gasteiger partial charge in [0.25, 0.3) is 15.9 Å². The molecule has 1 aliphatic rings. The summed E-state index contributed by atoms with van der Waals surface area (Å²) in [6.45, 7) is 6.33. The van der Waals surface area contributed by atoms with Crippen LogP contribution in [0.3, 0.4) is 0 Å². The predicted octanol–water partition coefficient (Wildman–Crippen LogP) is 1.37. The number of rotatable bonds is 9. The van der Waals surface area contributed by atoms with Crippen LogP contribution in [0.15, 0.2) is 45.2 Å². The number of benzene rings is 1. The highest BCUT2D eigenvalue weighted by Gasteiger charge is 2.37. The number of anilines is 1. The van der Waals surface area contributed by atoms with Crippen LogP contribution >= 0.6 is 0 Å². The summed E-state index contributed by atoms with van der Waals surface area (Å²) >= 11 is 0. The van der Waals surface area contributed by atoms with Gasteiger partial charge in [-0.1, -0.05) is 12.1 Å².